The Labute approximate surface area is 100 Å². The van der Waals surface area contributed by atoms with Gasteiger partial charge >= 0.3 is 0 Å². The Hall–Kier alpha value is -1.49. The molecule has 0 saturated carbocycles. The molecule has 1 heterocycles. The summed E-state index contributed by atoms with van der Waals surface area (Å²) >= 11 is 4.77. The highest BCUT2D eigenvalue weighted by Crippen LogP contribution is 2.10. The molecule has 5 heteroatoms. The fourth-order valence-electron chi connectivity index (χ4n) is 1.18. The van der Waals surface area contributed by atoms with Gasteiger partial charge in [0, 0.05) is 12.4 Å². The lowest BCUT2D eigenvalue weighted by atomic mass is 10.1. The molecule has 16 heavy (non-hydrogen) atoms. The summed E-state index contributed by atoms with van der Waals surface area (Å²) in [5.41, 5.74) is 6.36. The van der Waals surface area contributed by atoms with Crippen LogP contribution in [0.3, 0.4) is 0 Å². The van der Waals surface area contributed by atoms with Gasteiger partial charge in [-0.2, -0.15) is 0 Å². The van der Waals surface area contributed by atoms with Crippen LogP contribution in [0.25, 0.3) is 0 Å². The number of hydrogen-bond acceptors (Lipinski definition) is 3. The highest BCUT2D eigenvalue weighted by molar-refractivity contribution is 7.80. The fraction of sp³-hybridized carbons (Fsp3) is 0.364. The van der Waals surface area contributed by atoms with Crippen LogP contribution >= 0.6 is 12.2 Å². The lowest BCUT2D eigenvalue weighted by Crippen LogP contribution is -2.37. The maximum Gasteiger partial charge on any atom is 0.230 e. The second-order valence-corrected chi connectivity index (χ2v) is 4.11. The average Bonchev–Trinajstić information content (AvgIpc) is 2.28. The fourth-order valence-corrected chi connectivity index (χ4v) is 1.29. The Kier molecular flexibility index (Phi) is 4.37. The number of rotatable bonds is 4. The molecular weight excluding hydrogens is 222 g/mol. The molecule has 4 nitrogen and oxygen atoms in total. The van der Waals surface area contributed by atoms with Crippen molar-refractivity contribution in [3.63, 3.8) is 0 Å². The minimum absolute atomic E-state index is 0.0991. The quantitative estimate of drug-likeness (QED) is 0.772. The molecule has 2 unspecified atom stereocenters. The Morgan fingerprint density at radius 3 is 2.75 bits per heavy atom. The van der Waals surface area contributed by atoms with Gasteiger partial charge in [0.2, 0.25) is 5.91 Å². The van der Waals surface area contributed by atoms with E-state index in [0.717, 1.165) is 5.56 Å². The Bertz CT molecular complexity index is 380. The van der Waals surface area contributed by atoms with E-state index in [9.17, 15) is 4.79 Å². The third-order valence-electron chi connectivity index (χ3n) is 2.36. The lowest BCUT2D eigenvalue weighted by Gasteiger charge is -2.16. The monoisotopic (exact) mass is 237 g/mol. The number of nitrogens with zero attached hydrogens (tertiary/aromatic N) is 1. The van der Waals surface area contributed by atoms with Gasteiger partial charge in [-0.05, 0) is 25.5 Å². The summed E-state index contributed by atoms with van der Waals surface area (Å²) < 4.78 is 0. The van der Waals surface area contributed by atoms with Crippen molar-refractivity contribution in [2.75, 3.05) is 0 Å². The summed E-state index contributed by atoms with van der Waals surface area (Å²) in [7, 11) is 0. The first-order valence-corrected chi connectivity index (χ1v) is 5.42. The predicted octanol–water partition coefficient (Wildman–Crippen LogP) is 1.18. The van der Waals surface area contributed by atoms with Gasteiger partial charge in [-0.3, -0.25) is 9.78 Å². The second-order valence-electron chi connectivity index (χ2n) is 3.64. The molecule has 0 radical (unpaired) electrons. The number of aromatic nitrogens is 1. The Morgan fingerprint density at radius 2 is 2.25 bits per heavy atom. The van der Waals surface area contributed by atoms with Crippen molar-refractivity contribution in [2.45, 2.75) is 19.9 Å². The predicted molar refractivity (Wildman–Crippen MR) is 66.7 cm³/mol. The van der Waals surface area contributed by atoms with E-state index < -0.39 is 5.92 Å². The summed E-state index contributed by atoms with van der Waals surface area (Å²) in [6, 6.07) is 3.64. The molecule has 1 aromatic heterocycles. The van der Waals surface area contributed by atoms with Crippen molar-refractivity contribution in [1.29, 1.82) is 0 Å². The maximum atomic E-state index is 11.7. The van der Waals surface area contributed by atoms with Gasteiger partial charge in [-0.15, -0.1) is 0 Å². The summed E-state index contributed by atoms with van der Waals surface area (Å²) in [6.45, 7) is 3.58. The zero-order chi connectivity index (χ0) is 12.1. The standard InChI is InChI=1S/C11H15N3OS/c1-7(10(12)16)11(15)14-8(2)9-4-3-5-13-6-9/h3-8H,1-2H3,(H2,12,16)(H,14,15). The first-order chi connectivity index (χ1) is 7.52. The Balaban J connectivity index is 2.62. The van der Waals surface area contributed by atoms with Crippen molar-refractivity contribution in [1.82, 2.24) is 10.3 Å². The number of amides is 1. The van der Waals surface area contributed by atoms with E-state index in [1.54, 1.807) is 19.3 Å². The number of pyridine rings is 1. The molecule has 0 fully saturated rings. The summed E-state index contributed by atoms with van der Waals surface area (Å²) in [4.78, 5) is 15.9. The normalized spacial score (nSPS) is 13.9. The van der Waals surface area contributed by atoms with E-state index in [1.807, 2.05) is 19.1 Å². The molecule has 1 rings (SSSR count). The lowest BCUT2D eigenvalue weighted by molar-refractivity contribution is -0.123. The van der Waals surface area contributed by atoms with E-state index in [4.69, 9.17) is 18.0 Å². The summed E-state index contributed by atoms with van der Waals surface area (Å²) in [6.07, 6.45) is 3.41. The minimum atomic E-state index is -0.450. The largest absolute Gasteiger partial charge is 0.393 e. The molecule has 0 spiro atoms. The molecular formula is C11H15N3OS. The van der Waals surface area contributed by atoms with Crippen LogP contribution < -0.4 is 11.1 Å². The second kappa shape index (κ2) is 5.55. The zero-order valence-corrected chi connectivity index (χ0v) is 10.1. The molecule has 0 bridgehead atoms. The minimum Gasteiger partial charge on any atom is -0.393 e. The van der Waals surface area contributed by atoms with E-state index >= 15 is 0 Å². The van der Waals surface area contributed by atoms with Gasteiger partial charge < -0.3 is 11.1 Å². The molecule has 3 N–H and O–H groups in total. The molecule has 0 aromatic carbocycles. The van der Waals surface area contributed by atoms with Gasteiger partial charge in [0.05, 0.1) is 16.9 Å². The van der Waals surface area contributed by atoms with Crippen LogP contribution in [0.5, 0.6) is 0 Å². The van der Waals surface area contributed by atoms with E-state index in [0.29, 0.717) is 0 Å². The van der Waals surface area contributed by atoms with E-state index in [2.05, 4.69) is 10.3 Å². The zero-order valence-electron chi connectivity index (χ0n) is 9.31. The number of nitrogens with one attached hydrogen (secondary N) is 1. The van der Waals surface area contributed by atoms with Crippen LogP contribution in [0.2, 0.25) is 0 Å². The van der Waals surface area contributed by atoms with E-state index in [1.165, 1.54) is 0 Å². The number of nitrogens with two attached hydrogens (primary N) is 1. The van der Waals surface area contributed by atoms with Crippen LogP contribution in [-0.4, -0.2) is 15.9 Å². The van der Waals surface area contributed by atoms with Crippen LogP contribution in [0, 0.1) is 5.92 Å². The third-order valence-corrected chi connectivity index (χ3v) is 2.72. The van der Waals surface area contributed by atoms with Gasteiger partial charge in [0.25, 0.3) is 0 Å². The van der Waals surface area contributed by atoms with Crippen LogP contribution in [0.15, 0.2) is 24.5 Å². The molecule has 0 aliphatic heterocycles. The number of thiocarbonyl (C=S) groups is 1. The molecule has 1 aromatic rings. The number of carbonyl (C=O) groups excluding carboxylic acids is 1. The van der Waals surface area contributed by atoms with Crippen LogP contribution in [-0.2, 0) is 4.79 Å². The van der Waals surface area contributed by atoms with Crippen molar-refractivity contribution in [3.8, 4) is 0 Å². The summed E-state index contributed by atoms with van der Waals surface area (Å²) in [5, 5.41) is 2.83. The number of hydrogen-bond donors (Lipinski definition) is 2. The average molecular weight is 237 g/mol. The first kappa shape index (κ1) is 12.6. The van der Waals surface area contributed by atoms with Gasteiger partial charge in [-0.25, -0.2) is 0 Å². The highest BCUT2D eigenvalue weighted by Gasteiger charge is 2.17. The van der Waals surface area contributed by atoms with Crippen molar-refractivity contribution >= 4 is 23.1 Å². The highest BCUT2D eigenvalue weighted by atomic mass is 32.1. The van der Waals surface area contributed by atoms with Crippen LogP contribution in [0.4, 0.5) is 0 Å². The molecule has 0 aliphatic carbocycles. The summed E-state index contributed by atoms with van der Waals surface area (Å²) in [5.74, 6) is -0.613. The van der Waals surface area contributed by atoms with Crippen LogP contribution in [0.1, 0.15) is 25.5 Å². The van der Waals surface area contributed by atoms with Crippen molar-refractivity contribution in [3.05, 3.63) is 30.1 Å². The molecule has 86 valence electrons. The SMILES string of the molecule is CC(C(=O)NC(C)c1cccnc1)C(N)=S. The molecule has 1 amide bonds. The number of carbonyl (C=O) groups is 1. The van der Waals surface area contributed by atoms with Gasteiger partial charge in [-0.1, -0.05) is 18.3 Å². The maximum absolute atomic E-state index is 11.7. The molecule has 0 aliphatic rings. The Morgan fingerprint density at radius 1 is 1.56 bits per heavy atom. The van der Waals surface area contributed by atoms with Crippen molar-refractivity contribution in [2.24, 2.45) is 11.7 Å². The van der Waals surface area contributed by atoms with Crippen molar-refractivity contribution < 1.29 is 4.79 Å². The van der Waals surface area contributed by atoms with Gasteiger partial charge in [0.1, 0.15) is 0 Å². The molecule has 0 saturated heterocycles. The van der Waals surface area contributed by atoms with Gasteiger partial charge in [0.15, 0.2) is 0 Å². The first-order valence-electron chi connectivity index (χ1n) is 5.02. The molecule has 2 atom stereocenters. The topological polar surface area (TPSA) is 68.0 Å². The van der Waals surface area contributed by atoms with E-state index in [-0.39, 0.29) is 16.9 Å². The third kappa shape index (κ3) is 3.27. The smallest absolute Gasteiger partial charge is 0.230 e.